The van der Waals surface area contributed by atoms with Gasteiger partial charge < -0.3 is 43.9 Å². The molecule has 0 bridgehead atoms. The standard InChI is InChI=1S/C24H18N2O2S.C20H17N3O2.C20H20N2OS2.C18H16N2O2.C18H18N2OS3.C18H18N2OS2Se/c1-2-26-21(29-20-14-12-16-8-6-7-11-18(16)23(20)26)15-13-19-22(25-28-24(19)27)17-9-4-3-5-10-17;1-22-16-10-6-7-11-17(16)23(2)18(22)13-12-15-19(21-25-20(15)24)14-8-4-3-5-9-14;1-3-21-16(14-13-15-9-5-7-11-17(15)21)10-6-8-12-18-19(23)22(4-2)20(24)25-18;1-2-20-12-10-14(11-13-20)8-9-16-17(19-22-18(16)21)15-6-4-3-5-7-15;1-3-19-13-9-5-6-10-14(13)23-16(19)12-8-7-11-15-17(21)20(4-2)18(22)24-15;1-3-19-13-9-5-7-11-15(13)24-16(19)12-8-6-10-14-17(21)20(4-2)18(22)23-14/h3-15H,2H2,1H3;3-13H,1-2H3;5-14H,3-4H2,1-2H3;3-13H,2H2,1H3;2*5-12H,3-4H2,1-2H3/b19-13-,21-15-;15-12-;8-6+,16-10+,18-12+;16-9-;8-7+,15-11+,16-12-;8-6+,14-10+,16-12-. The number of anilines is 6. The number of nitrogens with zero attached hydrogens (tertiary/aromatic N) is 13. The van der Waals surface area contributed by atoms with Crippen LogP contribution in [0.3, 0.4) is 0 Å². The van der Waals surface area contributed by atoms with Crippen LogP contribution in [0.5, 0.6) is 0 Å². The topological polar surface area (TPSA) is 200 Å². The van der Waals surface area contributed by atoms with Crippen molar-refractivity contribution in [2.45, 2.75) is 65.2 Å². The largest absolute Gasteiger partial charge is 0.368 e. The Balaban J connectivity index is 0.000000128. The van der Waals surface area contributed by atoms with E-state index in [-0.39, 0.29) is 17.7 Å². The first-order valence-electron chi connectivity index (χ1n) is 48.6. The number of benzene rings is 9. The Labute approximate surface area is 913 Å². The Bertz CT molecular complexity index is 7290. The second-order valence-corrected chi connectivity index (χ2v) is 42.8. The molecule has 0 aliphatic carbocycles. The number of hydrogen-bond acceptors (Lipinski definition) is 27. The summed E-state index contributed by atoms with van der Waals surface area (Å²) < 4.78 is 4.69. The van der Waals surface area contributed by atoms with Crippen LogP contribution in [0.15, 0.2) is 453 Å². The number of oxime groups is 3. The molecule has 22 nitrogen and oxygen atoms in total. The van der Waals surface area contributed by atoms with E-state index in [1.54, 1.807) is 50.4 Å². The molecule has 3 saturated heterocycles. The maximum absolute atomic E-state index is 12.3. The maximum Gasteiger partial charge on any atom is 0.368 e. The minimum absolute atomic E-state index is 0.00244. The quantitative estimate of drug-likeness (QED) is 0.0302. The zero-order valence-electron chi connectivity index (χ0n) is 83.5. The first kappa shape index (κ1) is 107. The minimum Gasteiger partial charge on any atom is -0.354 e. The predicted molar refractivity (Wildman–Crippen MR) is 630 cm³/mol. The molecule has 12 aliphatic heterocycles. The number of rotatable bonds is 20. The van der Waals surface area contributed by atoms with Gasteiger partial charge in [0.15, 0.2) is 0 Å². The van der Waals surface area contributed by atoms with Crippen LogP contribution in [0.1, 0.15) is 77.6 Å². The van der Waals surface area contributed by atoms with Crippen LogP contribution < -0.4 is 33.9 Å². The van der Waals surface area contributed by atoms with Crippen molar-refractivity contribution in [1.29, 1.82) is 0 Å². The summed E-state index contributed by atoms with van der Waals surface area (Å²) >= 11 is 23.6. The van der Waals surface area contributed by atoms with E-state index in [4.69, 9.17) is 51.2 Å². The van der Waals surface area contributed by atoms with Crippen LogP contribution >= 0.6 is 95.5 Å². The number of allylic oxidation sites excluding steroid dienone is 22. The van der Waals surface area contributed by atoms with Crippen LogP contribution in [-0.4, -0.2) is 167 Å². The van der Waals surface area contributed by atoms with Crippen molar-refractivity contribution < 1.29 is 43.3 Å². The predicted octanol–water partition coefficient (Wildman–Crippen LogP) is 24.5. The number of thiocarbonyl (C=S) groups is 3. The number of para-hydroxylation sites is 5. The number of carbonyl (C=O) groups excluding carboxylic acids is 6. The van der Waals surface area contributed by atoms with Gasteiger partial charge in [-0.1, -0.05) is 287 Å². The summed E-state index contributed by atoms with van der Waals surface area (Å²) in [5.74, 6) is -0.293. The Morgan fingerprint density at radius 2 is 0.738 bits per heavy atom. The van der Waals surface area contributed by atoms with Gasteiger partial charge in [-0.15, -0.1) is 0 Å². The zero-order chi connectivity index (χ0) is 105. The van der Waals surface area contributed by atoms with E-state index in [1.807, 2.05) is 242 Å². The molecule has 3 amide bonds. The first-order valence-corrected chi connectivity index (χ1v) is 55.7. The monoisotopic (exact) mass is 2190 g/mol. The summed E-state index contributed by atoms with van der Waals surface area (Å²) in [5, 5.41) is 16.5. The van der Waals surface area contributed by atoms with Crippen LogP contribution in [0.2, 0.25) is 0 Å². The number of fused-ring (bicyclic) bond motifs is 7. The second kappa shape index (κ2) is 51.4. The van der Waals surface area contributed by atoms with Gasteiger partial charge in [-0.2, -0.15) is 0 Å². The van der Waals surface area contributed by atoms with E-state index in [0.717, 1.165) is 82.9 Å². The molecule has 12 aliphatic rings. The molecule has 12 heterocycles. The van der Waals surface area contributed by atoms with Crippen LogP contribution in [0.25, 0.3) is 16.8 Å². The third kappa shape index (κ3) is 25.1. The SMILES string of the molecule is CCN1/C(=C/C=C2\C(=O)ON=C2c2ccccc2)Sc2ccc3ccccc3c21.CCN1C(=O)\C(=C/C=C/C=C2\C=Cc3ccccc3N2CC)SC1=S.CCN1C(=O)\C(=C/C=C/C=C2\Sc3ccccc3N2CC)SC1=S.CCN1C(=O)\C(=C/C=C/C=C2\[Se]c3ccccc3N2CC)SC1=S.CCN1C=CC(=C/C=C2\C(=O)ON=C2c2ccccc2)C=C1.CN1C(=C/C=C2\C(=O)ON=C2c2ccccc2)N(C)c2ccccc21. The van der Waals surface area contributed by atoms with Crippen LogP contribution in [0, 0.1) is 0 Å². The van der Waals surface area contributed by atoms with Gasteiger partial charge in [0, 0.05) is 109 Å². The van der Waals surface area contributed by atoms with Crippen molar-refractivity contribution in [3.05, 3.63) is 450 Å². The van der Waals surface area contributed by atoms with Gasteiger partial charge in [0.1, 0.15) is 31.6 Å². The summed E-state index contributed by atoms with van der Waals surface area (Å²) in [6, 6.07) is 75.0. The number of thioether (sulfide) groups is 5. The van der Waals surface area contributed by atoms with E-state index >= 15 is 0 Å². The van der Waals surface area contributed by atoms with Gasteiger partial charge in [0.2, 0.25) is 0 Å². The van der Waals surface area contributed by atoms with Crippen LogP contribution in [-0.2, 0) is 43.3 Å². The van der Waals surface area contributed by atoms with Crippen molar-refractivity contribution in [3.8, 4) is 0 Å². The summed E-state index contributed by atoms with van der Waals surface area (Å²) in [6.07, 6.45) is 47.0. The molecule has 0 saturated carbocycles. The van der Waals surface area contributed by atoms with Crippen molar-refractivity contribution in [3.63, 3.8) is 0 Å². The summed E-state index contributed by atoms with van der Waals surface area (Å²) in [7, 11) is 4.01. The molecule has 3 fully saturated rings. The van der Waals surface area contributed by atoms with E-state index < -0.39 is 17.9 Å². The van der Waals surface area contributed by atoms with E-state index in [9.17, 15) is 28.8 Å². The zero-order valence-corrected chi connectivity index (χ0v) is 91.8. The second-order valence-electron chi connectivity index (χ2n) is 33.4. The van der Waals surface area contributed by atoms with Crippen molar-refractivity contribution in [2.75, 3.05) is 95.9 Å². The Morgan fingerprint density at radius 3 is 1.23 bits per heavy atom. The molecular formula is C118H107N13O9S8Se. The van der Waals surface area contributed by atoms with Gasteiger partial charge in [0.05, 0.1) is 59.3 Å². The van der Waals surface area contributed by atoms with Crippen molar-refractivity contribution >= 4 is 232 Å². The maximum atomic E-state index is 12.3. The van der Waals surface area contributed by atoms with Gasteiger partial charge in [0.25, 0.3) is 11.8 Å². The van der Waals surface area contributed by atoms with E-state index in [2.05, 4.69) is 236 Å². The molecule has 0 radical (unpaired) electrons. The van der Waals surface area contributed by atoms with Crippen molar-refractivity contribution in [2.24, 2.45) is 15.5 Å². The fourth-order valence-electron chi connectivity index (χ4n) is 17.0. The Hall–Kier alpha value is -14.5. The molecule has 752 valence electrons. The fraction of sp³-hybridized carbons (Fsp3) is 0.153. The summed E-state index contributed by atoms with van der Waals surface area (Å²) in [4.78, 5) is 112. The van der Waals surface area contributed by atoms with E-state index in [1.165, 1.54) is 98.2 Å². The van der Waals surface area contributed by atoms with Gasteiger partial charge in [-0.25, -0.2) is 14.4 Å². The normalized spacial score (nSPS) is 19.5. The van der Waals surface area contributed by atoms with Gasteiger partial charge >= 0.3 is 177 Å². The summed E-state index contributed by atoms with van der Waals surface area (Å²) in [5.41, 5.74) is 16.3. The number of amides is 3. The van der Waals surface area contributed by atoms with Crippen molar-refractivity contribution in [1.82, 2.24) is 19.6 Å². The third-order valence-electron chi connectivity index (χ3n) is 24.5. The molecule has 0 spiro atoms. The molecule has 0 aromatic heterocycles. The molecule has 149 heavy (non-hydrogen) atoms. The number of carbonyl (C=O) groups is 6. The minimum atomic E-state index is -0.434. The molecule has 0 atom stereocenters. The molecule has 0 N–H and O–H groups in total. The average Bonchev–Trinajstić information content (AvgIpc) is 1.59. The third-order valence-corrected chi connectivity index (χ3v) is 33.4. The van der Waals surface area contributed by atoms with Gasteiger partial charge in [-0.05, 0) is 167 Å². The molecule has 21 rings (SSSR count). The molecule has 9 aromatic rings. The van der Waals surface area contributed by atoms with Gasteiger partial charge in [-0.3, -0.25) is 19.4 Å². The number of likely N-dealkylation sites (N-methyl/N-ethyl adjacent to an activating group) is 4. The Morgan fingerprint density at radius 1 is 0.329 bits per heavy atom. The fourth-order valence-corrected chi connectivity index (χ4v) is 25.7. The Kier molecular flexibility index (Phi) is 37.0. The average molecular weight is 2190 g/mol. The molecular weight excluding hydrogens is 2080 g/mol. The number of hydrogen-bond donors (Lipinski definition) is 0. The first-order chi connectivity index (χ1) is 72.7. The molecule has 0 unspecified atom stereocenters. The molecule has 9 aromatic carbocycles. The smallest absolute Gasteiger partial charge is 0.354 e. The van der Waals surface area contributed by atoms with E-state index in [0.29, 0.717) is 96.1 Å². The van der Waals surface area contributed by atoms with Crippen LogP contribution in [0.4, 0.5) is 34.1 Å². The summed E-state index contributed by atoms with van der Waals surface area (Å²) in [6.45, 7) is 22.9. The molecule has 31 heteroatoms.